The molecule has 0 amide bonds. The first-order valence-corrected chi connectivity index (χ1v) is 8.09. The minimum absolute atomic E-state index is 0.429. The normalized spacial score (nSPS) is 26.1. The van der Waals surface area contributed by atoms with Crippen LogP contribution in [0.1, 0.15) is 64.1 Å². The zero-order valence-electron chi connectivity index (χ0n) is 11.6. The van der Waals surface area contributed by atoms with E-state index in [1.807, 2.05) is 6.20 Å². The van der Waals surface area contributed by atoms with Crippen LogP contribution >= 0.6 is 11.7 Å². The van der Waals surface area contributed by atoms with Crippen molar-refractivity contribution in [1.82, 2.24) is 14.1 Å². The largest absolute Gasteiger partial charge is 0.308 e. The maximum Gasteiger partial charge on any atom is 0.0915 e. The summed E-state index contributed by atoms with van der Waals surface area (Å²) in [5.74, 6) is 1.67. The SMILES string of the molecule is CCCNC(c1cnsn1)C1CCCC(CC)C1. The number of nitrogens with one attached hydrogen (secondary N) is 1. The first-order chi connectivity index (χ1) is 8.85. The first-order valence-electron chi connectivity index (χ1n) is 7.36. The van der Waals surface area contributed by atoms with Crippen LogP contribution < -0.4 is 5.32 Å². The van der Waals surface area contributed by atoms with Crippen LogP contribution in [0.4, 0.5) is 0 Å². The number of hydrogen-bond donors (Lipinski definition) is 1. The molecule has 1 saturated carbocycles. The van der Waals surface area contributed by atoms with Crippen molar-refractivity contribution in [3.05, 3.63) is 11.9 Å². The average Bonchev–Trinajstić information content (AvgIpc) is 2.93. The van der Waals surface area contributed by atoms with Crippen molar-refractivity contribution in [2.75, 3.05) is 6.54 Å². The molecular formula is C14H25N3S. The van der Waals surface area contributed by atoms with Crippen molar-refractivity contribution < 1.29 is 0 Å². The summed E-state index contributed by atoms with van der Waals surface area (Å²) in [6, 6.07) is 0.429. The molecule has 18 heavy (non-hydrogen) atoms. The summed E-state index contributed by atoms with van der Waals surface area (Å²) in [4.78, 5) is 0. The van der Waals surface area contributed by atoms with Crippen LogP contribution in [-0.4, -0.2) is 15.3 Å². The van der Waals surface area contributed by atoms with Gasteiger partial charge in [-0.15, -0.1) is 0 Å². The summed E-state index contributed by atoms with van der Waals surface area (Å²) in [6.45, 7) is 5.63. The molecule has 1 aromatic heterocycles. The lowest BCUT2D eigenvalue weighted by molar-refractivity contribution is 0.207. The highest BCUT2D eigenvalue weighted by Gasteiger charge is 2.29. The van der Waals surface area contributed by atoms with Gasteiger partial charge in [-0.1, -0.05) is 33.1 Å². The van der Waals surface area contributed by atoms with E-state index in [4.69, 9.17) is 0 Å². The average molecular weight is 267 g/mol. The third kappa shape index (κ3) is 3.51. The summed E-state index contributed by atoms with van der Waals surface area (Å²) >= 11 is 1.33. The zero-order chi connectivity index (χ0) is 12.8. The lowest BCUT2D eigenvalue weighted by atomic mass is 9.76. The van der Waals surface area contributed by atoms with Crippen LogP contribution in [0.25, 0.3) is 0 Å². The zero-order valence-corrected chi connectivity index (χ0v) is 12.4. The Bertz CT molecular complexity index is 326. The molecule has 1 heterocycles. The Hall–Kier alpha value is -0.480. The minimum atomic E-state index is 0.429. The van der Waals surface area contributed by atoms with Gasteiger partial charge >= 0.3 is 0 Å². The molecule has 1 aromatic rings. The monoisotopic (exact) mass is 267 g/mol. The van der Waals surface area contributed by atoms with E-state index in [9.17, 15) is 0 Å². The summed E-state index contributed by atoms with van der Waals surface area (Å²) in [7, 11) is 0. The van der Waals surface area contributed by atoms with Crippen LogP contribution in [0.5, 0.6) is 0 Å². The van der Waals surface area contributed by atoms with Gasteiger partial charge in [0.05, 0.1) is 29.7 Å². The molecule has 3 atom stereocenters. The van der Waals surface area contributed by atoms with E-state index in [1.165, 1.54) is 50.3 Å². The summed E-state index contributed by atoms with van der Waals surface area (Å²) in [5.41, 5.74) is 1.16. The minimum Gasteiger partial charge on any atom is -0.308 e. The van der Waals surface area contributed by atoms with Gasteiger partial charge in [0, 0.05) is 0 Å². The van der Waals surface area contributed by atoms with Crippen LogP contribution in [0.15, 0.2) is 6.20 Å². The van der Waals surface area contributed by atoms with Crippen LogP contribution in [-0.2, 0) is 0 Å². The molecule has 0 bridgehead atoms. The quantitative estimate of drug-likeness (QED) is 0.852. The molecule has 102 valence electrons. The number of nitrogens with zero attached hydrogens (tertiary/aromatic N) is 2. The lowest BCUT2D eigenvalue weighted by Crippen LogP contribution is -2.32. The fourth-order valence-electron chi connectivity index (χ4n) is 3.13. The standard InChI is InChI=1S/C14H25N3S/c1-3-8-15-14(13-10-16-18-17-13)12-7-5-6-11(4-2)9-12/h10-12,14-15H,3-9H2,1-2H3. The summed E-state index contributed by atoms with van der Waals surface area (Å²) in [6.07, 6.45) is 9.95. The van der Waals surface area contributed by atoms with Gasteiger partial charge in [-0.05, 0) is 37.6 Å². The second-order valence-corrected chi connectivity index (χ2v) is 6.02. The first kappa shape index (κ1) is 13.9. The predicted molar refractivity (Wildman–Crippen MR) is 76.7 cm³/mol. The molecule has 1 fully saturated rings. The molecule has 0 spiro atoms. The second kappa shape index (κ2) is 7.19. The van der Waals surface area contributed by atoms with Gasteiger partial charge in [0.15, 0.2) is 0 Å². The molecule has 0 aliphatic heterocycles. The van der Waals surface area contributed by atoms with E-state index in [1.54, 1.807) is 0 Å². The van der Waals surface area contributed by atoms with Gasteiger partial charge in [0.1, 0.15) is 0 Å². The highest BCUT2D eigenvalue weighted by Crippen LogP contribution is 2.38. The summed E-state index contributed by atoms with van der Waals surface area (Å²) in [5, 5.41) is 3.69. The van der Waals surface area contributed by atoms with Crippen molar-refractivity contribution in [1.29, 1.82) is 0 Å². The molecular weight excluding hydrogens is 242 g/mol. The van der Waals surface area contributed by atoms with Crippen molar-refractivity contribution >= 4 is 11.7 Å². The van der Waals surface area contributed by atoms with Crippen molar-refractivity contribution in [3.8, 4) is 0 Å². The molecule has 0 aromatic carbocycles. The third-order valence-electron chi connectivity index (χ3n) is 4.18. The van der Waals surface area contributed by atoms with Gasteiger partial charge in [-0.2, -0.15) is 8.75 Å². The Kier molecular flexibility index (Phi) is 5.57. The van der Waals surface area contributed by atoms with Crippen LogP contribution in [0.2, 0.25) is 0 Å². The second-order valence-electron chi connectivity index (χ2n) is 5.47. The van der Waals surface area contributed by atoms with E-state index in [2.05, 4.69) is 27.9 Å². The van der Waals surface area contributed by atoms with Gasteiger partial charge in [-0.3, -0.25) is 0 Å². The molecule has 1 N–H and O–H groups in total. The predicted octanol–water partition coefficient (Wildman–Crippen LogP) is 3.80. The molecule has 0 radical (unpaired) electrons. The van der Waals surface area contributed by atoms with Gasteiger partial charge in [-0.25, -0.2) is 0 Å². The Morgan fingerprint density at radius 2 is 2.33 bits per heavy atom. The van der Waals surface area contributed by atoms with Gasteiger partial charge < -0.3 is 5.32 Å². The molecule has 0 saturated heterocycles. The molecule has 3 nitrogen and oxygen atoms in total. The molecule has 4 heteroatoms. The smallest absolute Gasteiger partial charge is 0.0915 e. The fraction of sp³-hybridized carbons (Fsp3) is 0.857. The number of rotatable bonds is 6. The highest BCUT2D eigenvalue weighted by atomic mass is 32.1. The van der Waals surface area contributed by atoms with Gasteiger partial charge in [0.2, 0.25) is 0 Å². The van der Waals surface area contributed by atoms with E-state index in [0.717, 1.165) is 24.1 Å². The van der Waals surface area contributed by atoms with Crippen LogP contribution in [0, 0.1) is 11.8 Å². The molecule has 1 aliphatic rings. The van der Waals surface area contributed by atoms with Crippen LogP contribution in [0.3, 0.4) is 0 Å². The third-order valence-corrected chi connectivity index (χ3v) is 4.68. The number of aromatic nitrogens is 2. The Balaban J connectivity index is 2.03. The topological polar surface area (TPSA) is 37.8 Å². The Morgan fingerprint density at radius 1 is 1.44 bits per heavy atom. The maximum absolute atomic E-state index is 4.46. The maximum atomic E-state index is 4.46. The van der Waals surface area contributed by atoms with E-state index in [-0.39, 0.29) is 0 Å². The molecule has 1 aliphatic carbocycles. The highest BCUT2D eigenvalue weighted by molar-refractivity contribution is 6.99. The fourth-order valence-corrected chi connectivity index (χ4v) is 3.58. The lowest BCUT2D eigenvalue weighted by Gasteiger charge is -2.34. The van der Waals surface area contributed by atoms with Crippen molar-refractivity contribution in [2.45, 2.75) is 58.4 Å². The molecule has 2 rings (SSSR count). The summed E-state index contributed by atoms with van der Waals surface area (Å²) < 4.78 is 8.64. The van der Waals surface area contributed by atoms with E-state index in [0.29, 0.717) is 6.04 Å². The number of hydrogen-bond acceptors (Lipinski definition) is 4. The Morgan fingerprint density at radius 3 is 3.00 bits per heavy atom. The van der Waals surface area contributed by atoms with E-state index < -0.39 is 0 Å². The van der Waals surface area contributed by atoms with E-state index >= 15 is 0 Å². The van der Waals surface area contributed by atoms with Gasteiger partial charge in [0.25, 0.3) is 0 Å². The van der Waals surface area contributed by atoms with Crippen molar-refractivity contribution in [3.63, 3.8) is 0 Å². The van der Waals surface area contributed by atoms with Crippen molar-refractivity contribution in [2.24, 2.45) is 11.8 Å². The Labute approximate surface area is 115 Å². The molecule has 3 unspecified atom stereocenters.